The van der Waals surface area contributed by atoms with Crippen molar-refractivity contribution in [3.8, 4) is 17.1 Å². The number of carbonyl (C=O) groups excluding carboxylic acids is 1. The normalized spacial score (nSPS) is 15.5. The fourth-order valence-electron chi connectivity index (χ4n) is 3.38. The Bertz CT molecular complexity index is 1270. The van der Waals surface area contributed by atoms with E-state index in [9.17, 15) is 27.5 Å². The van der Waals surface area contributed by atoms with Crippen LogP contribution in [0, 0.1) is 11.6 Å². The molecule has 192 valence electrons. The molecule has 1 unspecified atom stereocenters. The Morgan fingerprint density at radius 3 is 2.50 bits per heavy atom. The quantitative estimate of drug-likeness (QED) is 0.374. The third kappa shape index (κ3) is 5.29. The molecular formula is C23H20ClF5N4O3. The summed E-state index contributed by atoms with van der Waals surface area (Å²) >= 11 is 5.91. The molecule has 2 atom stereocenters. The van der Waals surface area contributed by atoms with Crippen LogP contribution in [-0.2, 0) is 0 Å². The number of aliphatic hydroxyl groups excluding tert-OH is 1. The predicted octanol–water partition coefficient (Wildman–Crippen LogP) is 5.85. The molecule has 4 rings (SSSR count). The van der Waals surface area contributed by atoms with E-state index in [1.54, 1.807) is 0 Å². The zero-order valence-electron chi connectivity index (χ0n) is 18.9. The maximum atomic E-state index is 15.2. The lowest BCUT2D eigenvalue weighted by molar-refractivity contribution is -0.189. The van der Waals surface area contributed by atoms with Crippen LogP contribution in [0.4, 0.5) is 27.6 Å². The van der Waals surface area contributed by atoms with Gasteiger partial charge in [0.25, 0.3) is 5.91 Å². The average molecular weight is 531 g/mol. The van der Waals surface area contributed by atoms with Gasteiger partial charge in [0.05, 0.1) is 27.9 Å². The molecular weight excluding hydrogens is 511 g/mol. The van der Waals surface area contributed by atoms with Gasteiger partial charge >= 0.3 is 6.18 Å². The molecule has 0 radical (unpaired) electrons. The number of aromatic nitrogens is 3. The minimum absolute atomic E-state index is 0.0320. The number of hydrogen-bond donors (Lipinski definition) is 2. The van der Waals surface area contributed by atoms with Crippen molar-refractivity contribution in [3.05, 3.63) is 58.4 Å². The Morgan fingerprint density at radius 2 is 1.92 bits per heavy atom. The third-order valence-electron chi connectivity index (χ3n) is 5.44. The average Bonchev–Trinajstić information content (AvgIpc) is 3.54. The molecule has 1 aromatic heterocycles. The van der Waals surface area contributed by atoms with Crippen molar-refractivity contribution in [3.63, 3.8) is 0 Å². The van der Waals surface area contributed by atoms with Gasteiger partial charge in [0.1, 0.15) is 23.5 Å². The Hall–Kier alpha value is -3.25. The van der Waals surface area contributed by atoms with Crippen LogP contribution in [0.5, 0.6) is 5.75 Å². The lowest BCUT2D eigenvalue weighted by Gasteiger charge is -2.20. The van der Waals surface area contributed by atoms with E-state index in [4.69, 9.17) is 16.3 Å². The number of hydrogen-bond acceptors (Lipinski definition) is 5. The number of anilines is 1. The van der Waals surface area contributed by atoms with Crippen molar-refractivity contribution in [2.75, 3.05) is 5.32 Å². The predicted molar refractivity (Wildman–Crippen MR) is 120 cm³/mol. The first-order chi connectivity index (χ1) is 16.9. The second-order valence-corrected chi connectivity index (χ2v) is 8.73. The monoisotopic (exact) mass is 530 g/mol. The van der Waals surface area contributed by atoms with Gasteiger partial charge in [-0.15, -0.1) is 0 Å². The number of nitrogens with one attached hydrogen (secondary N) is 1. The van der Waals surface area contributed by atoms with Crippen LogP contribution < -0.4 is 10.1 Å². The Labute approximate surface area is 206 Å². The molecule has 3 aromatic rings. The van der Waals surface area contributed by atoms with Crippen molar-refractivity contribution >= 4 is 23.2 Å². The summed E-state index contributed by atoms with van der Waals surface area (Å²) in [7, 11) is 0. The number of para-hydroxylation sites is 1. The highest BCUT2D eigenvalue weighted by Crippen LogP contribution is 2.38. The molecule has 13 heteroatoms. The van der Waals surface area contributed by atoms with E-state index in [0.717, 1.165) is 25.0 Å². The fraction of sp³-hybridized carbons (Fsp3) is 0.348. The molecule has 7 nitrogen and oxygen atoms in total. The Balaban J connectivity index is 1.79. The van der Waals surface area contributed by atoms with Gasteiger partial charge in [0.2, 0.25) is 0 Å². The highest BCUT2D eigenvalue weighted by molar-refractivity contribution is 6.34. The molecule has 2 aromatic carbocycles. The first-order valence-electron chi connectivity index (χ1n) is 10.8. The van der Waals surface area contributed by atoms with E-state index in [2.05, 4.69) is 15.4 Å². The molecule has 0 saturated heterocycles. The van der Waals surface area contributed by atoms with Crippen LogP contribution >= 0.6 is 11.6 Å². The number of rotatable bonds is 7. The van der Waals surface area contributed by atoms with Crippen molar-refractivity contribution in [2.45, 2.75) is 51.1 Å². The SMILES string of the molecule is CC(Oc1cc(-c2nc([C@@H](C)O)n(C3CC3)n2)c(F)cc1C(=O)Nc1c(F)cccc1Cl)C(F)(F)F. The first kappa shape index (κ1) is 25.8. The van der Waals surface area contributed by atoms with E-state index >= 15 is 4.39 Å². The third-order valence-corrected chi connectivity index (χ3v) is 5.76. The number of halogens is 6. The van der Waals surface area contributed by atoms with E-state index < -0.39 is 52.9 Å². The van der Waals surface area contributed by atoms with Crippen LogP contribution in [0.2, 0.25) is 5.02 Å². The van der Waals surface area contributed by atoms with Gasteiger partial charge in [-0.1, -0.05) is 17.7 Å². The number of aliphatic hydroxyl groups is 1. The molecule has 1 aliphatic carbocycles. The molecule has 2 N–H and O–H groups in total. The largest absolute Gasteiger partial charge is 0.480 e. The zero-order valence-corrected chi connectivity index (χ0v) is 19.7. The summed E-state index contributed by atoms with van der Waals surface area (Å²) in [6.45, 7) is 2.16. The van der Waals surface area contributed by atoms with Crippen LogP contribution in [-0.4, -0.2) is 38.1 Å². The number of alkyl halides is 3. The molecule has 1 fully saturated rings. The summed E-state index contributed by atoms with van der Waals surface area (Å²) in [5.41, 5.74) is -1.42. The molecule has 36 heavy (non-hydrogen) atoms. The fourth-order valence-corrected chi connectivity index (χ4v) is 3.59. The van der Waals surface area contributed by atoms with E-state index in [1.807, 2.05) is 0 Å². The summed E-state index contributed by atoms with van der Waals surface area (Å²) in [4.78, 5) is 17.0. The second-order valence-electron chi connectivity index (χ2n) is 8.33. The molecule has 1 saturated carbocycles. The highest BCUT2D eigenvalue weighted by Gasteiger charge is 2.39. The van der Waals surface area contributed by atoms with Crippen molar-refractivity contribution in [2.24, 2.45) is 0 Å². The minimum Gasteiger partial charge on any atom is -0.480 e. The standard InChI is InChI=1S/C23H20ClF5N4O3/c1-10(34)21-31-20(32-33(21)12-6-7-12)13-9-18(36-11(2)23(27,28)29)14(8-17(13)26)22(35)30-19-15(24)4-3-5-16(19)25/h3-5,8-12,34H,6-7H2,1-2H3,(H,30,35)/t10-,11?/m1/s1. The van der Waals surface area contributed by atoms with Crippen molar-refractivity contribution in [1.29, 1.82) is 0 Å². The van der Waals surface area contributed by atoms with Gasteiger partial charge in [-0.2, -0.15) is 18.3 Å². The highest BCUT2D eigenvalue weighted by atomic mass is 35.5. The Kier molecular flexibility index (Phi) is 6.93. The number of benzene rings is 2. The minimum atomic E-state index is -4.80. The topological polar surface area (TPSA) is 89.3 Å². The molecule has 1 aliphatic rings. The summed E-state index contributed by atoms with van der Waals surface area (Å²) in [6.07, 6.45) is -6.65. The first-order valence-corrected chi connectivity index (χ1v) is 11.2. The van der Waals surface area contributed by atoms with Gasteiger partial charge in [-0.25, -0.2) is 18.4 Å². The number of nitrogens with zero attached hydrogens (tertiary/aromatic N) is 3. The van der Waals surface area contributed by atoms with E-state index in [-0.39, 0.29) is 28.3 Å². The van der Waals surface area contributed by atoms with Crippen LogP contribution in [0.25, 0.3) is 11.4 Å². The van der Waals surface area contributed by atoms with Gasteiger partial charge in [-0.05, 0) is 51.0 Å². The maximum absolute atomic E-state index is 15.2. The van der Waals surface area contributed by atoms with Crippen molar-refractivity contribution in [1.82, 2.24) is 14.8 Å². The van der Waals surface area contributed by atoms with Crippen molar-refractivity contribution < 1.29 is 36.6 Å². The molecule has 1 heterocycles. The lowest BCUT2D eigenvalue weighted by Crippen LogP contribution is -2.32. The van der Waals surface area contributed by atoms with Gasteiger partial charge in [0.15, 0.2) is 17.8 Å². The lowest BCUT2D eigenvalue weighted by atomic mass is 10.1. The molecule has 0 spiro atoms. The summed E-state index contributed by atoms with van der Waals surface area (Å²) < 4.78 is 75.5. The zero-order chi connectivity index (χ0) is 26.4. The summed E-state index contributed by atoms with van der Waals surface area (Å²) in [6, 6.07) is 5.07. The second kappa shape index (κ2) is 9.66. The maximum Gasteiger partial charge on any atom is 0.425 e. The van der Waals surface area contributed by atoms with E-state index in [0.29, 0.717) is 13.0 Å². The van der Waals surface area contributed by atoms with Crippen LogP contribution in [0.1, 0.15) is 55.0 Å². The van der Waals surface area contributed by atoms with Crippen LogP contribution in [0.15, 0.2) is 30.3 Å². The molecule has 0 aliphatic heterocycles. The van der Waals surface area contributed by atoms with Crippen LogP contribution in [0.3, 0.4) is 0 Å². The smallest absolute Gasteiger partial charge is 0.425 e. The molecule has 0 bridgehead atoms. The Morgan fingerprint density at radius 1 is 1.22 bits per heavy atom. The molecule has 1 amide bonds. The van der Waals surface area contributed by atoms with E-state index in [1.165, 1.54) is 23.7 Å². The number of ether oxygens (including phenoxy) is 1. The summed E-state index contributed by atoms with van der Waals surface area (Å²) in [5, 5.41) is 16.2. The number of amides is 1. The van der Waals surface area contributed by atoms with Gasteiger partial charge in [-0.3, -0.25) is 4.79 Å². The number of carbonyl (C=O) groups is 1. The summed E-state index contributed by atoms with van der Waals surface area (Å²) in [5.74, 6) is -3.78. The van der Waals surface area contributed by atoms with Gasteiger partial charge in [0, 0.05) is 0 Å². The van der Waals surface area contributed by atoms with Gasteiger partial charge < -0.3 is 15.2 Å².